The van der Waals surface area contributed by atoms with Crippen molar-refractivity contribution < 1.29 is 19.1 Å². The van der Waals surface area contributed by atoms with Gasteiger partial charge in [0, 0.05) is 0 Å². The van der Waals surface area contributed by atoms with Gasteiger partial charge in [0.2, 0.25) is 0 Å². The molecule has 1 amide bonds. The Morgan fingerprint density at radius 2 is 1.94 bits per heavy atom. The van der Waals surface area contributed by atoms with Crippen LogP contribution in [-0.4, -0.2) is 25.1 Å². The molecule has 0 bridgehead atoms. The molecule has 0 saturated heterocycles. The minimum Gasteiger partial charge on any atom is -0.494 e. The molecule has 0 aromatic carbocycles. The maximum atomic E-state index is 11.8. The molecule has 1 heterocycles. The van der Waals surface area contributed by atoms with Gasteiger partial charge in [-0.15, -0.1) is 11.3 Å². The van der Waals surface area contributed by atoms with E-state index in [2.05, 4.69) is 0 Å². The number of carbonyl (C=O) groups is 2. The molecule has 94 valence electrons. The van der Waals surface area contributed by atoms with Gasteiger partial charge in [0.25, 0.3) is 5.91 Å². The monoisotopic (exact) mass is 258 g/mol. The van der Waals surface area contributed by atoms with Gasteiger partial charge >= 0.3 is 5.97 Å². The molecule has 0 unspecified atom stereocenters. The molecule has 0 radical (unpaired) electrons. The van der Waals surface area contributed by atoms with Crippen molar-refractivity contribution in [2.24, 2.45) is 5.73 Å². The van der Waals surface area contributed by atoms with Crippen LogP contribution in [0.25, 0.3) is 0 Å². The van der Waals surface area contributed by atoms with Gasteiger partial charge in [0.05, 0.1) is 13.2 Å². The summed E-state index contributed by atoms with van der Waals surface area (Å²) in [5.74, 6) is -1.24. The number of hydrogen-bond acceptors (Lipinski definition) is 6. The van der Waals surface area contributed by atoms with Crippen molar-refractivity contribution in [2.45, 2.75) is 20.0 Å². The number of methoxy groups -OCH3 is 1. The molecule has 1 aromatic heterocycles. The minimum atomic E-state index is -0.692. The van der Waals surface area contributed by atoms with E-state index in [1.165, 1.54) is 7.11 Å². The van der Waals surface area contributed by atoms with Gasteiger partial charge in [-0.25, -0.2) is 4.79 Å². The highest BCUT2D eigenvalue weighted by Crippen LogP contribution is 2.37. The summed E-state index contributed by atoms with van der Waals surface area (Å²) < 4.78 is 10.00. The average molecular weight is 258 g/mol. The lowest BCUT2D eigenvalue weighted by atomic mass is 10.2. The lowest BCUT2D eigenvalue weighted by molar-refractivity contribution is 0.0376. The van der Waals surface area contributed by atoms with Crippen LogP contribution in [0.4, 0.5) is 5.00 Å². The zero-order valence-corrected chi connectivity index (χ0v) is 10.6. The van der Waals surface area contributed by atoms with Crippen molar-refractivity contribution in [2.75, 3.05) is 12.8 Å². The second-order valence-electron chi connectivity index (χ2n) is 3.52. The van der Waals surface area contributed by atoms with Crippen molar-refractivity contribution in [3.8, 4) is 5.75 Å². The van der Waals surface area contributed by atoms with Crippen molar-refractivity contribution in [3.63, 3.8) is 0 Å². The topological polar surface area (TPSA) is 105 Å². The number of anilines is 1. The van der Waals surface area contributed by atoms with E-state index in [-0.39, 0.29) is 27.3 Å². The standard InChI is InChI=1S/C10H14N2O4S/c1-4(2)16-10(14)5-6(15-3)7(8(11)13)17-9(5)12/h4H,12H2,1-3H3,(H2,11,13). The number of carbonyl (C=O) groups excluding carboxylic acids is 2. The minimum absolute atomic E-state index is 0.0556. The Morgan fingerprint density at radius 1 is 1.35 bits per heavy atom. The third-order valence-electron chi connectivity index (χ3n) is 1.87. The van der Waals surface area contributed by atoms with E-state index in [4.69, 9.17) is 20.9 Å². The molecular formula is C10H14N2O4S. The van der Waals surface area contributed by atoms with E-state index < -0.39 is 11.9 Å². The molecule has 0 fully saturated rings. The molecule has 1 aromatic rings. The fourth-order valence-corrected chi connectivity index (χ4v) is 2.13. The molecule has 0 aliphatic heterocycles. The molecule has 6 nitrogen and oxygen atoms in total. The largest absolute Gasteiger partial charge is 0.494 e. The van der Waals surface area contributed by atoms with Crippen LogP contribution in [0.3, 0.4) is 0 Å². The SMILES string of the molecule is COc1c(C(N)=O)sc(N)c1C(=O)OC(C)C. The summed E-state index contributed by atoms with van der Waals surface area (Å²) in [7, 11) is 1.33. The van der Waals surface area contributed by atoms with Gasteiger partial charge in [0.1, 0.15) is 15.4 Å². The Morgan fingerprint density at radius 3 is 2.35 bits per heavy atom. The molecule has 0 atom stereocenters. The Balaban J connectivity index is 3.23. The Kier molecular flexibility index (Phi) is 3.95. The molecule has 17 heavy (non-hydrogen) atoms. The quantitative estimate of drug-likeness (QED) is 0.784. The van der Waals surface area contributed by atoms with Crippen molar-refractivity contribution in [3.05, 3.63) is 10.4 Å². The van der Waals surface area contributed by atoms with Crippen LogP contribution in [-0.2, 0) is 4.74 Å². The Bertz CT molecular complexity index is 453. The van der Waals surface area contributed by atoms with E-state index in [9.17, 15) is 9.59 Å². The average Bonchev–Trinajstić information content (AvgIpc) is 2.54. The number of nitrogens with two attached hydrogens (primary N) is 2. The van der Waals surface area contributed by atoms with E-state index in [1.807, 2.05) is 0 Å². The zero-order valence-electron chi connectivity index (χ0n) is 9.77. The number of primary amides is 1. The van der Waals surface area contributed by atoms with E-state index in [1.54, 1.807) is 13.8 Å². The maximum Gasteiger partial charge on any atom is 0.345 e. The second-order valence-corrected chi connectivity index (χ2v) is 4.57. The first-order valence-electron chi connectivity index (χ1n) is 4.85. The molecular weight excluding hydrogens is 244 g/mol. The van der Waals surface area contributed by atoms with Crippen LogP contribution in [0.2, 0.25) is 0 Å². The van der Waals surface area contributed by atoms with Crippen molar-refractivity contribution in [1.82, 2.24) is 0 Å². The maximum absolute atomic E-state index is 11.8. The van der Waals surface area contributed by atoms with Gasteiger partial charge in [-0.1, -0.05) is 0 Å². The predicted octanol–water partition coefficient (Wildman–Crippen LogP) is 1.00. The van der Waals surface area contributed by atoms with Gasteiger partial charge in [-0.2, -0.15) is 0 Å². The molecule has 0 saturated carbocycles. The summed E-state index contributed by atoms with van der Waals surface area (Å²) in [6.07, 6.45) is -0.288. The number of rotatable bonds is 4. The van der Waals surface area contributed by atoms with Crippen LogP contribution in [0.1, 0.15) is 33.9 Å². The number of esters is 1. The highest BCUT2D eigenvalue weighted by Gasteiger charge is 2.27. The number of hydrogen-bond donors (Lipinski definition) is 2. The van der Waals surface area contributed by atoms with Gasteiger partial charge in [-0.3, -0.25) is 4.79 Å². The first-order valence-corrected chi connectivity index (χ1v) is 5.67. The second kappa shape index (κ2) is 5.05. The molecule has 1 rings (SSSR count). The molecule has 4 N–H and O–H groups in total. The number of nitrogen functional groups attached to an aromatic ring is 1. The zero-order chi connectivity index (χ0) is 13.2. The van der Waals surface area contributed by atoms with Crippen LogP contribution in [0, 0.1) is 0 Å². The fourth-order valence-electron chi connectivity index (χ4n) is 1.26. The summed E-state index contributed by atoms with van der Waals surface area (Å²) in [5.41, 5.74) is 10.9. The molecule has 0 aliphatic rings. The summed E-state index contributed by atoms with van der Waals surface area (Å²) in [4.78, 5) is 23.0. The van der Waals surface area contributed by atoms with Crippen LogP contribution >= 0.6 is 11.3 Å². The molecule has 7 heteroatoms. The Labute approximate surface area is 102 Å². The molecule has 0 aliphatic carbocycles. The van der Waals surface area contributed by atoms with Crippen LogP contribution in [0.15, 0.2) is 0 Å². The van der Waals surface area contributed by atoms with Crippen LogP contribution in [0.5, 0.6) is 5.75 Å². The fraction of sp³-hybridized carbons (Fsp3) is 0.400. The summed E-state index contributed by atoms with van der Waals surface area (Å²) in [6.45, 7) is 3.42. The van der Waals surface area contributed by atoms with Gasteiger partial charge in [-0.05, 0) is 13.8 Å². The van der Waals surface area contributed by atoms with E-state index in [0.717, 1.165) is 11.3 Å². The normalized spacial score (nSPS) is 10.4. The van der Waals surface area contributed by atoms with Crippen molar-refractivity contribution in [1.29, 1.82) is 0 Å². The number of amides is 1. The van der Waals surface area contributed by atoms with Gasteiger partial charge < -0.3 is 20.9 Å². The highest BCUT2D eigenvalue weighted by molar-refractivity contribution is 7.18. The predicted molar refractivity (Wildman–Crippen MR) is 64.4 cm³/mol. The van der Waals surface area contributed by atoms with Crippen molar-refractivity contribution >= 4 is 28.2 Å². The number of ether oxygens (including phenoxy) is 2. The first-order chi connectivity index (χ1) is 7.88. The van der Waals surface area contributed by atoms with E-state index in [0.29, 0.717) is 0 Å². The highest BCUT2D eigenvalue weighted by atomic mass is 32.1. The van der Waals surface area contributed by atoms with E-state index >= 15 is 0 Å². The molecule has 0 spiro atoms. The summed E-state index contributed by atoms with van der Waals surface area (Å²) >= 11 is 0.906. The third kappa shape index (κ3) is 2.68. The van der Waals surface area contributed by atoms with Crippen LogP contribution < -0.4 is 16.2 Å². The lowest BCUT2D eigenvalue weighted by Crippen LogP contribution is -2.14. The lowest BCUT2D eigenvalue weighted by Gasteiger charge is -2.09. The third-order valence-corrected chi connectivity index (χ3v) is 2.88. The Hall–Kier alpha value is -1.76. The first kappa shape index (κ1) is 13.3. The number of thiophene rings is 1. The summed E-state index contributed by atoms with van der Waals surface area (Å²) in [6, 6.07) is 0. The summed E-state index contributed by atoms with van der Waals surface area (Å²) in [5, 5.41) is 0.154. The smallest absolute Gasteiger partial charge is 0.345 e. The van der Waals surface area contributed by atoms with Gasteiger partial charge in [0.15, 0.2) is 5.75 Å².